The molecule has 2 aromatic rings. The van der Waals surface area contributed by atoms with Gasteiger partial charge in [0.05, 0.1) is 12.6 Å². The quantitative estimate of drug-likeness (QED) is 0.164. The maximum atomic E-state index is 14.4. The Bertz CT molecular complexity index is 1550. The van der Waals surface area contributed by atoms with Gasteiger partial charge in [0.2, 0.25) is 11.8 Å². The van der Waals surface area contributed by atoms with Crippen LogP contribution in [-0.2, 0) is 32.0 Å². The first kappa shape index (κ1) is 40.2. The molecule has 8 nitrogen and oxygen atoms in total. The van der Waals surface area contributed by atoms with Gasteiger partial charge in [-0.3, -0.25) is 19.3 Å². The number of rotatable bonds is 16. The van der Waals surface area contributed by atoms with Crippen LogP contribution in [0.5, 0.6) is 0 Å². The molecule has 2 atom stereocenters. The van der Waals surface area contributed by atoms with E-state index in [0.717, 1.165) is 115 Å². The highest BCUT2D eigenvalue weighted by molar-refractivity contribution is 5.98. The number of hydrogen-bond donors (Lipinski definition) is 0. The van der Waals surface area contributed by atoms with Crippen molar-refractivity contribution in [3.63, 3.8) is 0 Å². The van der Waals surface area contributed by atoms with Gasteiger partial charge in [-0.25, -0.2) is 0 Å². The van der Waals surface area contributed by atoms with E-state index < -0.39 is 0 Å². The zero-order chi connectivity index (χ0) is 38.1. The summed E-state index contributed by atoms with van der Waals surface area (Å²) in [4.78, 5) is 50.8. The monoisotopic (exact) mass is 739 g/mol. The molecule has 3 saturated heterocycles. The van der Waals surface area contributed by atoms with Crippen molar-refractivity contribution < 1.29 is 19.1 Å². The topological polar surface area (TPSA) is 73.4 Å². The molecule has 3 aliphatic heterocycles. The second-order valence-corrected chi connectivity index (χ2v) is 17.2. The van der Waals surface area contributed by atoms with Crippen LogP contribution >= 0.6 is 0 Å². The predicted molar refractivity (Wildman–Crippen MR) is 215 cm³/mol. The molecule has 1 saturated carbocycles. The van der Waals surface area contributed by atoms with Gasteiger partial charge in [0.15, 0.2) is 0 Å². The highest BCUT2D eigenvalue weighted by Crippen LogP contribution is 2.51. The summed E-state index contributed by atoms with van der Waals surface area (Å²) in [6.45, 7) is 13.7. The summed E-state index contributed by atoms with van der Waals surface area (Å²) < 4.78 is 6.53. The molecule has 6 rings (SSSR count). The van der Waals surface area contributed by atoms with E-state index in [4.69, 9.17) is 4.74 Å². The van der Waals surface area contributed by atoms with Crippen molar-refractivity contribution in [1.29, 1.82) is 0 Å². The molecule has 54 heavy (non-hydrogen) atoms. The van der Waals surface area contributed by atoms with Gasteiger partial charge in [-0.05, 0) is 119 Å². The molecule has 0 radical (unpaired) electrons. The zero-order valence-corrected chi connectivity index (χ0v) is 33.6. The number of allylic oxidation sites excluding steroid dienone is 1. The Kier molecular flexibility index (Phi) is 14.1. The Morgan fingerprint density at radius 1 is 0.778 bits per heavy atom. The van der Waals surface area contributed by atoms with Crippen molar-refractivity contribution in [3.05, 3.63) is 83.1 Å². The van der Waals surface area contributed by atoms with Crippen LogP contribution in [0.1, 0.15) is 109 Å². The molecule has 4 aliphatic rings. The minimum Gasteiger partial charge on any atom is -0.362 e. The first-order valence-electron chi connectivity index (χ1n) is 21.2. The molecule has 3 heterocycles. The number of likely N-dealkylation sites (tertiary alicyclic amines) is 2. The SMILES string of the molecule is CC(C)=C(C(=O)N1CCCC1)N(CCCc1ccccc1)C(=O)CC1CCC2(CC1)CO[C@H]2N(CCCc1ccccc1)[C@H](C(=O)N1CCCC1)C(C)C. The number of hydrogen-bond acceptors (Lipinski definition) is 5. The van der Waals surface area contributed by atoms with Gasteiger partial charge in [0.25, 0.3) is 5.91 Å². The summed E-state index contributed by atoms with van der Waals surface area (Å²) in [5.74, 6) is 0.782. The van der Waals surface area contributed by atoms with Crippen LogP contribution < -0.4 is 0 Å². The van der Waals surface area contributed by atoms with Crippen molar-refractivity contribution in [1.82, 2.24) is 19.6 Å². The van der Waals surface area contributed by atoms with Gasteiger partial charge in [-0.2, -0.15) is 0 Å². The molecule has 1 spiro atoms. The summed E-state index contributed by atoms with van der Waals surface area (Å²) in [6, 6.07) is 20.9. The van der Waals surface area contributed by atoms with Crippen LogP contribution in [0.4, 0.5) is 0 Å². The van der Waals surface area contributed by atoms with Crippen molar-refractivity contribution in [2.45, 2.75) is 123 Å². The molecule has 0 N–H and O–H groups in total. The first-order chi connectivity index (χ1) is 26.2. The van der Waals surface area contributed by atoms with E-state index >= 15 is 0 Å². The number of ether oxygens (including phenoxy) is 1. The fraction of sp³-hybridized carbons (Fsp3) is 0.630. The van der Waals surface area contributed by atoms with E-state index in [1.54, 1.807) is 0 Å². The molecule has 4 fully saturated rings. The third kappa shape index (κ3) is 9.65. The number of amides is 3. The molecule has 8 heteroatoms. The van der Waals surface area contributed by atoms with E-state index in [9.17, 15) is 14.4 Å². The van der Waals surface area contributed by atoms with Gasteiger partial charge in [-0.15, -0.1) is 0 Å². The normalized spacial score (nSPS) is 23.1. The molecule has 3 amide bonds. The van der Waals surface area contributed by atoms with Crippen molar-refractivity contribution in [3.8, 4) is 0 Å². The fourth-order valence-corrected chi connectivity index (χ4v) is 9.61. The maximum Gasteiger partial charge on any atom is 0.270 e. The molecule has 0 aromatic heterocycles. The smallest absolute Gasteiger partial charge is 0.270 e. The molecular weight excluding hydrogens is 673 g/mol. The summed E-state index contributed by atoms with van der Waals surface area (Å²) in [5.41, 5.74) is 4.07. The summed E-state index contributed by atoms with van der Waals surface area (Å²) in [7, 11) is 0. The van der Waals surface area contributed by atoms with E-state index in [-0.39, 0.29) is 47.2 Å². The summed E-state index contributed by atoms with van der Waals surface area (Å²) in [6.07, 6.45) is 12.1. The van der Waals surface area contributed by atoms with Crippen LogP contribution in [0.25, 0.3) is 0 Å². The first-order valence-corrected chi connectivity index (χ1v) is 21.2. The van der Waals surface area contributed by atoms with Crippen LogP contribution in [0, 0.1) is 17.3 Å². The second-order valence-electron chi connectivity index (χ2n) is 17.2. The average Bonchev–Trinajstić information content (AvgIpc) is 3.91. The zero-order valence-electron chi connectivity index (χ0n) is 33.6. The standard InChI is InChI=1S/C46H66N4O4/c1-35(2)41(43(52)47-27-11-12-28-47)49(31-15-21-37-17-7-5-8-18-37)40(51)33-39-23-25-46(26-24-39)34-54-45(46)50(32-16-22-38-19-9-6-10-20-38)42(36(3)4)44(53)48-29-13-14-30-48/h5-10,17-20,36,39,42,45H,11-16,21-34H2,1-4H3/t39?,42-,45+,46?/m0/s1. The molecule has 0 bridgehead atoms. The van der Waals surface area contributed by atoms with Gasteiger partial charge in [0.1, 0.15) is 11.9 Å². The molecule has 294 valence electrons. The lowest BCUT2D eigenvalue weighted by atomic mass is 9.66. The number of carbonyl (C=O) groups is 3. The average molecular weight is 739 g/mol. The van der Waals surface area contributed by atoms with E-state index in [0.29, 0.717) is 25.3 Å². The predicted octanol–water partition coefficient (Wildman–Crippen LogP) is 7.87. The highest BCUT2D eigenvalue weighted by Gasteiger charge is 2.55. The van der Waals surface area contributed by atoms with Crippen LogP contribution in [0.3, 0.4) is 0 Å². The molecule has 1 aliphatic carbocycles. The number of nitrogens with zero attached hydrogens (tertiary/aromatic N) is 4. The van der Waals surface area contributed by atoms with Gasteiger partial charge in [0, 0.05) is 51.1 Å². The minimum absolute atomic E-state index is 0.00309. The molecule has 0 unspecified atom stereocenters. The Morgan fingerprint density at radius 3 is 1.81 bits per heavy atom. The Balaban J connectivity index is 1.14. The van der Waals surface area contributed by atoms with E-state index in [1.165, 1.54) is 11.1 Å². The Morgan fingerprint density at radius 2 is 1.31 bits per heavy atom. The second kappa shape index (κ2) is 18.9. The Labute approximate surface area is 325 Å². The lowest BCUT2D eigenvalue weighted by molar-refractivity contribution is -0.277. The Hall–Kier alpha value is -3.49. The number of aryl methyl sites for hydroxylation is 2. The van der Waals surface area contributed by atoms with Gasteiger partial charge >= 0.3 is 0 Å². The van der Waals surface area contributed by atoms with Crippen molar-refractivity contribution in [2.75, 3.05) is 45.9 Å². The third-order valence-electron chi connectivity index (χ3n) is 12.6. The van der Waals surface area contributed by atoms with E-state index in [2.05, 4.69) is 78.2 Å². The van der Waals surface area contributed by atoms with Crippen LogP contribution in [0.2, 0.25) is 0 Å². The fourth-order valence-electron chi connectivity index (χ4n) is 9.61. The molecular formula is C46H66N4O4. The lowest BCUT2D eigenvalue weighted by Crippen LogP contribution is -2.66. The summed E-state index contributed by atoms with van der Waals surface area (Å²) >= 11 is 0. The number of carbonyl (C=O) groups excluding carboxylic acids is 3. The van der Waals surface area contributed by atoms with E-state index in [1.807, 2.05) is 29.7 Å². The van der Waals surface area contributed by atoms with Crippen molar-refractivity contribution in [2.24, 2.45) is 17.3 Å². The third-order valence-corrected chi connectivity index (χ3v) is 12.6. The van der Waals surface area contributed by atoms with Crippen LogP contribution in [-0.4, -0.2) is 95.5 Å². The van der Waals surface area contributed by atoms with Crippen molar-refractivity contribution >= 4 is 17.7 Å². The summed E-state index contributed by atoms with van der Waals surface area (Å²) in [5, 5.41) is 0. The minimum atomic E-state index is -0.208. The largest absolute Gasteiger partial charge is 0.362 e. The number of benzene rings is 2. The lowest BCUT2D eigenvalue weighted by Gasteiger charge is -2.58. The van der Waals surface area contributed by atoms with Gasteiger partial charge < -0.3 is 19.4 Å². The maximum absolute atomic E-state index is 14.4. The highest BCUT2D eigenvalue weighted by atomic mass is 16.5. The van der Waals surface area contributed by atoms with Crippen LogP contribution in [0.15, 0.2) is 71.9 Å². The van der Waals surface area contributed by atoms with Gasteiger partial charge in [-0.1, -0.05) is 74.5 Å². The molecule has 2 aromatic carbocycles.